The molecule has 0 aliphatic carbocycles. The summed E-state index contributed by atoms with van der Waals surface area (Å²) in [5, 5.41) is 4.16. The van der Waals surface area contributed by atoms with Gasteiger partial charge >= 0.3 is 11.4 Å². The van der Waals surface area contributed by atoms with Crippen LogP contribution in [0, 0.1) is 0 Å². The van der Waals surface area contributed by atoms with Gasteiger partial charge in [0.2, 0.25) is 0 Å². The van der Waals surface area contributed by atoms with Crippen molar-refractivity contribution in [1.82, 2.24) is 19.7 Å². The van der Waals surface area contributed by atoms with Gasteiger partial charge in [-0.2, -0.15) is 0 Å². The summed E-state index contributed by atoms with van der Waals surface area (Å²) >= 11 is 0. The van der Waals surface area contributed by atoms with E-state index in [1.807, 2.05) is 0 Å². The number of nitrogens with zero attached hydrogens (tertiary/aromatic N) is 2. The normalized spacial score (nSPS) is 15.8. The van der Waals surface area contributed by atoms with Gasteiger partial charge in [-0.1, -0.05) is 0 Å². The summed E-state index contributed by atoms with van der Waals surface area (Å²) in [7, 11) is 1.33. The molecule has 8 heteroatoms. The molecule has 8 nitrogen and oxygen atoms in total. The summed E-state index contributed by atoms with van der Waals surface area (Å²) in [5.41, 5.74) is -1.19. The molecule has 1 aliphatic heterocycles. The van der Waals surface area contributed by atoms with E-state index in [1.54, 1.807) is 0 Å². The van der Waals surface area contributed by atoms with E-state index in [2.05, 4.69) is 10.2 Å². The van der Waals surface area contributed by atoms with Gasteiger partial charge < -0.3 is 0 Å². The number of carbonyl (C=O) groups is 2. The molecule has 1 aromatic heterocycles. The van der Waals surface area contributed by atoms with E-state index in [0.29, 0.717) is 0 Å². The van der Waals surface area contributed by atoms with Gasteiger partial charge in [0.15, 0.2) is 0 Å². The second kappa shape index (κ2) is 3.33. The third kappa shape index (κ3) is 1.40. The van der Waals surface area contributed by atoms with E-state index in [4.69, 9.17) is 0 Å². The number of hydrogen-bond acceptors (Lipinski definition) is 4. The first-order valence-corrected chi connectivity index (χ1v) is 4.41. The number of imide groups is 1. The summed E-state index contributed by atoms with van der Waals surface area (Å²) in [5.74, 6) is -0.961. The van der Waals surface area contributed by atoms with E-state index in [0.717, 1.165) is 15.5 Å². The van der Waals surface area contributed by atoms with Crippen molar-refractivity contribution < 1.29 is 9.59 Å². The van der Waals surface area contributed by atoms with Gasteiger partial charge in [0.05, 0.1) is 6.54 Å². The number of nitrogens with one attached hydrogen (secondary N) is 2. The summed E-state index contributed by atoms with van der Waals surface area (Å²) in [6, 6.07) is 0. The Morgan fingerprint density at radius 1 is 1.12 bits per heavy atom. The van der Waals surface area contributed by atoms with Crippen LogP contribution in [0.2, 0.25) is 0 Å². The van der Waals surface area contributed by atoms with Crippen molar-refractivity contribution in [2.45, 2.75) is 6.54 Å². The molecule has 0 aromatic carbocycles. The minimum Gasteiger partial charge on any atom is -0.278 e. The lowest BCUT2D eigenvalue weighted by Crippen LogP contribution is -2.31. The Morgan fingerprint density at radius 2 is 1.69 bits per heavy atom. The Morgan fingerprint density at radius 3 is 2.12 bits per heavy atom. The SMILES string of the molecule is CN1C(=O)C=C(Cn2c(=O)[nH][nH]c2=O)C1=O. The molecule has 2 N–H and O–H groups in total. The molecule has 0 fully saturated rings. The number of amides is 2. The Balaban J connectivity index is 2.35. The van der Waals surface area contributed by atoms with Crippen LogP contribution in [-0.4, -0.2) is 38.5 Å². The zero-order chi connectivity index (χ0) is 11.9. The van der Waals surface area contributed by atoms with Gasteiger partial charge in [-0.3, -0.25) is 14.5 Å². The Bertz CT molecular complexity index is 575. The molecule has 0 saturated carbocycles. The molecule has 1 aliphatic rings. The van der Waals surface area contributed by atoms with Gasteiger partial charge in [-0.15, -0.1) is 0 Å². The molecule has 0 saturated heterocycles. The third-order valence-corrected chi connectivity index (χ3v) is 2.30. The second-order valence-corrected chi connectivity index (χ2v) is 3.32. The molecule has 2 heterocycles. The lowest BCUT2D eigenvalue weighted by molar-refractivity contribution is -0.135. The predicted octanol–water partition coefficient (Wildman–Crippen LogP) is -2.21. The van der Waals surface area contributed by atoms with Crippen molar-refractivity contribution in [3.8, 4) is 0 Å². The number of aromatic nitrogens is 3. The Labute approximate surface area is 88.2 Å². The summed E-state index contributed by atoms with van der Waals surface area (Å²) < 4.78 is 0.802. The molecular weight excluding hydrogens is 216 g/mol. The van der Waals surface area contributed by atoms with Crippen LogP contribution in [-0.2, 0) is 16.1 Å². The first-order valence-electron chi connectivity index (χ1n) is 4.41. The lowest BCUT2D eigenvalue weighted by Gasteiger charge is -2.05. The first-order chi connectivity index (χ1) is 7.50. The molecule has 0 atom stereocenters. The summed E-state index contributed by atoms with van der Waals surface area (Å²) in [4.78, 5) is 45.8. The van der Waals surface area contributed by atoms with E-state index in [9.17, 15) is 19.2 Å². The second-order valence-electron chi connectivity index (χ2n) is 3.32. The molecule has 84 valence electrons. The van der Waals surface area contributed by atoms with Gasteiger partial charge in [0.1, 0.15) is 0 Å². The molecule has 0 spiro atoms. The van der Waals surface area contributed by atoms with Crippen molar-refractivity contribution in [3.63, 3.8) is 0 Å². The highest BCUT2D eigenvalue weighted by Crippen LogP contribution is 2.10. The standard InChI is InChI=1S/C8H8N4O4/c1-11-5(13)2-4(6(11)14)3-12-7(15)9-10-8(12)16/h2H,3H2,1H3,(H,9,15)(H,10,16). The highest BCUT2D eigenvalue weighted by molar-refractivity contribution is 6.15. The van der Waals surface area contributed by atoms with Gasteiger partial charge in [-0.05, 0) is 0 Å². The third-order valence-electron chi connectivity index (χ3n) is 2.30. The molecule has 0 unspecified atom stereocenters. The zero-order valence-electron chi connectivity index (χ0n) is 8.31. The number of H-pyrrole nitrogens is 2. The van der Waals surface area contributed by atoms with Crippen LogP contribution in [0.15, 0.2) is 21.2 Å². The maximum absolute atomic E-state index is 11.5. The number of carbonyl (C=O) groups excluding carboxylic acids is 2. The van der Waals surface area contributed by atoms with Crippen LogP contribution in [0.25, 0.3) is 0 Å². The van der Waals surface area contributed by atoms with Crippen LogP contribution in [0.5, 0.6) is 0 Å². The van der Waals surface area contributed by atoms with E-state index in [-0.39, 0.29) is 12.1 Å². The van der Waals surface area contributed by atoms with Crippen LogP contribution >= 0.6 is 0 Å². The van der Waals surface area contributed by atoms with Crippen LogP contribution in [0.1, 0.15) is 0 Å². The molecule has 16 heavy (non-hydrogen) atoms. The quantitative estimate of drug-likeness (QED) is 0.555. The fourth-order valence-electron chi connectivity index (χ4n) is 1.38. The summed E-state index contributed by atoms with van der Waals surface area (Å²) in [6.07, 6.45) is 1.11. The summed E-state index contributed by atoms with van der Waals surface area (Å²) in [6.45, 7) is -0.216. The number of likely N-dealkylation sites (N-methyl/N-ethyl adjacent to an activating group) is 1. The van der Waals surface area contributed by atoms with Crippen molar-refractivity contribution in [1.29, 1.82) is 0 Å². The topological polar surface area (TPSA) is 108 Å². The molecule has 2 amide bonds. The van der Waals surface area contributed by atoms with Crippen molar-refractivity contribution in [2.24, 2.45) is 0 Å². The average molecular weight is 224 g/mol. The number of hydrogen-bond donors (Lipinski definition) is 2. The molecule has 2 rings (SSSR count). The minimum absolute atomic E-state index is 0.111. The molecule has 0 radical (unpaired) electrons. The maximum atomic E-state index is 11.5. The number of aromatic amines is 2. The predicted molar refractivity (Wildman–Crippen MR) is 51.5 cm³/mol. The first kappa shape index (κ1) is 10.1. The minimum atomic E-state index is -0.652. The Kier molecular flexibility index (Phi) is 2.11. The lowest BCUT2D eigenvalue weighted by atomic mass is 10.2. The smallest absolute Gasteiger partial charge is 0.278 e. The number of rotatable bonds is 2. The Hall–Kier alpha value is -2.38. The monoisotopic (exact) mass is 224 g/mol. The molecule has 1 aromatic rings. The van der Waals surface area contributed by atoms with Gasteiger partial charge in [0.25, 0.3) is 11.8 Å². The van der Waals surface area contributed by atoms with E-state index >= 15 is 0 Å². The fraction of sp³-hybridized carbons (Fsp3) is 0.250. The average Bonchev–Trinajstić information content (AvgIpc) is 2.67. The zero-order valence-corrected chi connectivity index (χ0v) is 8.31. The van der Waals surface area contributed by atoms with E-state index in [1.165, 1.54) is 7.05 Å². The van der Waals surface area contributed by atoms with Crippen LogP contribution in [0.4, 0.5) is 0 Å². The maximum Gasteiger partial charge on any atom is 0.344 e. The highest BCUT2D eigenvalue weighted by atomic mass is 16.2. The van der Waals surface area contributed by atoms with Crippen molar-refractivity contribution in [3.05, 3.63) is 32.6 Å². The molecular formula is C8H8N4O4. The largest absolute Gasteiger partial charge is 0.344 e. The fourth-order valence-corrected chi connectivity index (χ4v) is 1.38. The van der Waals surface area contributed by atoms with E-state index < -0.39 is 23.2 Å². The van der Waals surface area contributed by atoms with Crippen LogP contribution < -0.4 is 11.4 Å². The van der Waals surface area contributed by atoms with Gasteiger partial charge in [0, 0.05) is 18.7 Å². The van der Waals surface area contributed by atoms with Crippen molar-refractivity contribution in [2.75, 3.05) is 7.05 Å². The highest BCUT2D eigenvalue weighted by Gasteiger charge is 2.28. The van der Waals surface area contributed by atoms with Gasteiger partial charge in [-0.25, -0.2) is 24.4 Å². The van der Waals surface area contributed by atoms with Crippen molar-refractivity contribution >= 4 is 11.8 Å². The molecule has 0 bridgehead atoms. The van der Waals surface area contributed by atoms with Crippen LogP contribution in [0.3, 0.4) is 0 Å².